The van der Waals surface area contributed by atoms with Crippen LogP contribution in [0.2, 0.25) is 0 Å². The number of alkyl halides is 1. The van der Waals surface area contributed by atoms with E-state index in [2.05, 4.69) is 25.6 Å². The molecular weight excluding hydrogens is 441 g/mol. The molecule has 0 spiro atoms. The molecule has 2 heterocycles. The first kappa shape index (κ1) is 21.6. The van der Waals surface area contributed by atoms with Crippen LogP contribution in [0.1, 0.15) is 5.56 Å². The van der Waals surface area contributed by atoms with Gasteiger partial charge in [0.1, 0.15) is 29.6 Å². The molecule has 0 radical (unpaired) electrons. The lowest BCUT2D eigenvalue weighted by molar-refractivity contribution is 0.262. The van der Waals surface area contributed by atoms with Gasteiger partial charge in [0.2, 0.25) is 0 Å². The minimum Gasteiger partial charge on any atom is -0.455 e. The van der Waals surface area contributed by atoms with E-state index in [0.29, 0.717) is 0 Å². The van der Waals surface area contributed by atoms with Crippen LogP contribution in [0.15, 0.2) is 53.5 Å². The maximum Gasteiger partial charge on any atom is 0.323 e. The lowest BCUT2D eigenvalue weighted by atomic mass is 10.2. The largest absolute Gasteiger partial charge is 0.455 e. The Morgan fingerprint density at radius 3 is 2.61 bits per heavy atom. The number of aromatic nitrogens is 3. The molecule has 0 aliphatic carbocycles. The molecule has 0 atom stereocenters. The summed E-state index contributed by atoms with van der Waals surface area (Å²) in [5.41, 5.74) is 4.83. The number of urea groups is 1. The number of H-pyrrole nitrogens is 1. The van der Waals surface area contributed by atoms with Gasteiger partial charge >= 0.3 is 6.03 Å². The second-order valence-corrected chi connectivity index (χ2v) is 6.73. The van der Waals surface area contributed by atoms with Crippen LogP contribution in [0.25, 0.3) is 11.2 Å². The number of anilines is 3. The molecule has 4 rings (SSSR count). The van der Waals surface area contributed by atoms with Gasteiger partial charge in [0.15, 0.2) is 17.2 Å². The molecule has 2 aromatic heterocycles. The molecule has 2 amide bonds. The Kier molecular flexibility index (Phi) is 5.81. The predicted octanol–water partition coefficient (Wildman–Crippen LogP) is 4.08. The fraction of sp³-hybridized carbons (Fsp3) is 0.0476. The lowest BCUT2D eigenvalue weighted by Gasteiger charge is -2.12. The van der Waals surface area contributed by atoms with E-state index in [9.17, 15) is 22.8 Å². The number of carbonyl (C=O) groups excluding carboxylic acids is 1. The van der Waals surface area contributed by atoms with Gasteiger partial charge in [-0.1, -0.05) is 6.07 Å². The maximum atomic E-state index is 14.5. The molecule has 0 fully saturated rings. The van der Waals surface area contributed by atoms with Gasteiger partial charge in [0.25, 0.3) is 5.56 Å². The van der Waals surface area contributed by atoms with E-state index in [4.69, 9.17) is 10.5 Å². The van der Waals surface area contributed by atoms with Gasteiger partial charge in [-0.25, -0.2) is 27.9 Å². The number of pyridine rings is 1. The zero-order valence-electron chi connectivity index (χ0n) is 16.7. The second kappa shape index (κ2) is 8.86. The van der Waals surface area contributed by atoms with Crippen molar-refractivity contribution < 1.29 is 22.7 Å². The zero-order valence-corrected chi connectivity index (χ0v) is 16.7. The number of hydrogen-bond acceptors (Lipinski definition) is 6. The van der Waals surface area contributed by atoms with Gasteiger partial charge in [0, 0.05) is 18.3 Å². The highest BCUT2D eigenvalue weighted by molar-refractivity contribution is 6.00. The first-order chi connectivity index (χ1) is 15.8. The van der Waals surface area contributed by atoms with E-state index in [1.807, 2.05) is 0 Å². The molecule has 168 valence electrons. The van der Waals surface area contributed by atoms with Gasteiger partial charge in [-0.3, -0.25) is 4.79 Å². The average molecular weight is 456 g/mol. The number of fused-ring (bicyclic) bond motifs is 1. The van der Waals surface area contributed by atoms with Crippen molar-refractivity contribution in [1.29, 1.82) is 0 Å². The highest BCUT2D eigenvalue weighted by Gasteiger charge is 2.13. The standard InChI is InChI=1S/C21H15F3N6O3/c22-9-10-1-3-12(23)15(7-10)28-21(32)27-14-4-2-11(8-13(14)24)33-16-5-6-26-19-17(16)29-20(31)18(25)30-19/h1-8H,9H2,(H,29,31)(H2,25,26,30)(H2,27,28,32). The number of aromatic amines is 1. The minimum atomic E-state index is -0.932. The topological polar surface area (TPSA) is 135 Å². The van der Waals surface area contributed by atoms with Crippen LogP contribution in [0.5, 0.6) is 11.5 Å². The van der Waals surface area contributed by atoms with Crippen LogP contribution < -0.4 is 26.7 Å². The summed E-state index contributed by atoms with van der Waals surface area (Å²) in [6, 6.07) is 7.47. The number of hydrogen-bond donors (Lipinski definition) is 4. The van der Waals surface area contributed by atoms with Crippen molar-refractivity contribution in [3.8, 4) is 11.5 Å². The van der Waals surface area contributed by atoms with E-state index in [1.165, 1.54) is 30.5 Å². The molecule has 0 saturated heterocycles. The summed E-state index contributed by atoms with van der Waals surface area (Å²) in [4.78, 5) is 34.2. The SMILES string of the molecule is Nc1nc2nccc(Oc3ccc(NC(=O)Nc4cc(CF)ccc4F)c(F)c3)c2[nH]c1=O. The average Bonchev–Trinajstić information content (AvgIpc) is 2.78. The number of halogens is 3. The molecule has 5 N–H and O–H groups in total. The fourth-order valence-electron chi connectivity index (χ4n) is 2.88. The smallest absolute Gasteiger partial charge is 0.323 e. The Balaban J connectivity index is 1.51. The summed E-state index contributed by atoms with van der Waals surface area (Å²) in [7, 11) is 0. The summed E-state index contributed by atoms with van der Waals surface area (Å²) in [6.45, 7) is -0.837. The van der Waals surface area contributed by atoms with Gasteiger partial charge in [0.05, 0.1) is 11.4 Å². The Morgan fingerprint density at radius 2 is 1.85 bits per heavy atom. The second-order valence-electron chi connectivity index (χ2n) is 6.73. The first-order valence-corrected chi connectivity index (χ1v) is 9.38. The zero-order chi connectivity index (χ0) is 23.5. The number of nitrogens with two attached hydrogens (primary N) is 1. The first-order valence-electron chi connectivity index (χ1n) is 9.38. The highest BCUT2D eigenvalue weighted by Crippen LogP contribution is 2.29. The van der Waals surface area contributed by atoms with Crippen LogP contribution in [-0.4, -0.2) is 21.0 Å². The number of benzene rings is 2. The van der Waals surface area contributed by atoms with Gasteiger partial charge < -0.3 is 26.1 Å². The monoisotopic (exact) mass is 456 g/mol. The van der Waals surface area contributed by atoms with Crippen molar-refractivity contribution in [3.05, 3.63) is 76.2 Å². The van der Waals surface area contributed by atoms with E-state index in [0.717, 1.165) is 18.2 Å². The van der Waals surface area contributed by atoms with Crippen molar-refractivity contribution in [2.75, 3.05) is 16.4 Å². The van der Waals surface area contributed by atoms with E-state index >= 15 is 0 Å². The summed E-state index contributed by atoms with van der Waals surface area (Å²) in [6.07, 6.45) is 1.37. The molecule has 0 saturated carbocycles. The Hall–Kier alpha value is -4.61. The molecule has 0 aliphatic rings. The van der Waals surface area contributed by atoms with E-state index in [-0.39, 0.29) is 45.4 Å². The third-order valence-electron chi connectivity index (χ3n) is 4.44. The number of ether oxygens (including phenoxy) is 1. The molecule has 0 unspecified atom stereocenters. The lowest BCUT2D eigenvalue weighted by Crippen LogP contribution is -2.21. The maximum absolute atomic E-state index is 14.5. The number of nitrogen functional groups attached to an aromatic ring is 1. The number of carbonyl (C=O) groups is 1. The molecule has 12 heteroatoms. The third kappa shape index (κ3) is 4.69. The van der Waals surface area contributed by atoms with E-state index < -0.39 is 29.9 Å². The fourth-order valence-corrected chi connectivity index (χ4v) is 2.88. The minimum absolute atomic E-state index is 0.0466. The quantitative estimate of drug-likeness (QED) is 0.357. The van der Waals surface area contributed by atoms with Crippen molar-refractivity contribution in [1.82, 2.24) is 15.0 Å². The van der Waals surface area contributed by atoms with Crippen molar-refractivity contribution in [3.63, 3.8) is 0 Å². The van der Waals surface area contributed by atoms with Gasteiger partial charge in [-0.15, -0.1) is 0 Å². The van der Waals surface area contributed by atoms with E-state index in [1.54, 1.807) is 0 Å². The summed E-state index contributed by atoms with van der Waals surface area (Å²) < 4.78 is 46.7. The number of nitrogens with one attached hydrogen (secondary N) is 3. The molecule has 4 aromatic rings. The molecule has 0 aliphatic heterocycles. The summed E-state index contributed by atoms with van der Waals surface area (Å²) in [5, 5.41) is 4.43. The molecule has 0 bridgehead atoms. The predicted molar refractivity (Wildman–Crippen MR) is 115 cm³/mol. The molecular formula is C21H15F3N6O3. The van der Waals surface area contributed by atoms with Crippen LogP contribution in [-0.2, 0) is 6.67 Å². The molecule has 9 nitrogen and oxygen atoms in total. The number of rotatable bonds is 5. The Morgan fingerprint density at radius 1 is 1.06 bits per heavy atom. The van der Waals surface area contributed by atoms with Crippen LogP contribution in [0.4, 0.5) is 35.2 Å². The van der Waals surface area contributed by atoms with Crippen LogP contribution in [0, 0.1) is 11.6 Å². The summed E-state index contributed by atoms with van der Waals surface area (Å²) >= 11 is 0. The van der Waals surface area contributed by atoms with Gasteiger partial charge in [-0.2, -0.15) is 0 Å². The van der Waals surface area contributed by atoms with Crippen molar-refractivity contribution >= 4 is 34.4 Å². The normalized spacial score (nSPS) is 10.8. The summed E-state index contributed by atoms with van der Waals surface area (Å²) in [5.74, 6) is -1.69. The number of amides is 2. The third-order valence-corrected chi connectivity index (χ3v) is 4.44. The Bertz CT molecular complexity index is 1430. The van der Waals surface area contributed by atoms with Gasteiger partial charge in [-0.05, 0) is 29.8 Å². The highest BCUT2D eigenvalue weighted by atomic mass is 19.1. The van der Waals surface area contributed by atoms with Crippen LogP contribution in [0.3, 0.4) is 0 Å². The van der Waals surface area contributed by atoms with Crippen LogP contribution >= 0.6 is 0 Å². The molecule has 2 aromatic carbocycles. The molecule has 33 heavy (non-hydrogen) atoms. The number of nitrogens with zero attached hydrogens (tertiary/aromatic N) is 2. The Labute approximate surface area is 183 Å². The van der Waals surface area contributed by atoms with Crippen molar-refractivity contribution in [2.24, 2.45) is 0 Å². The van der Waals surface area contributed by atoms with Crippen molar-refractivity contribution in [2.45, 2.75) is 6.67 Å².